The summed E-state index contributed by atoms with van der Waals surface area (Å²) >= 11 is 11.3. The Bertz CT molecular complexity index is 332. The second kappa shape index (κ2) is 4.62. The van der Waals surface area contributed by atoms with Crippen LogP contribution in [0.2, 0.25) is 10.3 Å². The average molecular weight is 233 g/mol. The molecule has 0 unspecified atom stereocenters. The van der Waals surface area contributed by atoms with Gasteiger partial charge in [-0.1, -0.05) is 23.2 Å². The smallest absolute Gasteiger partial charge is 0.251 e. The van der Waals surface area contributed by atoms with Crippen LogP contribution < -0.4 is 5.32 Å². The van der Waals surface area contributed by atoms with Crippen LogP contribution >= 0.6 is 23.2 Å². The van der Waals surface area contributed by atoms with Gasteiger partial charge in [0.15, 0.2) is 0 Å². The maximum absolute atomic E-state index is 11.5. The van der Waals surface area contributed by atoms with Crippen molar-refractivity contribution in [3.8, 4) is 0 Å². The summed E-state index contributed by atoms with van der Waals surface area (Å²) in [7, 11) is 0. The molecular formula is C9H10Cl2N2O. The van der Waals surface area contributed by atoms with Crippen LogP contribution in [-0.4, -0.2) is 16.9 Å². The second-order valence-corrected chi connectivity index (χ2v) is 3.90. The summed E-state index contributed by atoms with van der Waals surface area (Å²) in [5.41, 5.74) is 0.420. The normalized spacial score (nSPS) is 10.4. The van der Waals surface area contributed by atoms with Gasteiger partial charge in [-0.3, -0.25) is 4.79 Å². The molecule has 0 radical (unpaired) electrons. The first-order valence-electron chi connectivity index (χ1n) is 4.13. The fraction of sp³-hybridized carbons (Fsp3) is 0.333. The molecule has 0 aliphatic heterocycles. The van der Waals surface area contributed by atoms with Gasteiger partial charge in [-0.25, -0.2) is 4.98 Å². The van der Waals surface area contributed by atoms with Crippen LogP contribution in [0.1, 0.15) is 24.2 Å². The van der Waals surface area contributed by atoms with E-state index >= 15 is 0 Å². The van der Waals surface area contributed by atoms with Crippen LogP contribution in [0.4, 0.5) is 0 Å². The van der Waals surface area contributed by atoms with Gasteiger partial charge < -0.3 is 5.32 Å². The molecule has 14 heavy (non-hydrogen) atoms. The predicted molar refractivity (Wildman–Crippen MR) is 56.9 cm³/mol. The van der Waals surface area contributed by atoms with E-state index in [1.807, 2.05) is 13.8 Å². The second-order valence-electron chi connectivity index (χ2n) is 3.13. The number of rotatable bonds is 2. The van der Waals surface area contributed by atoms with E-state index < -0.39 is 0 Å². The molecule has 3 nitrogen and oxygen atoms in total. The molecule has 0 saturated carbocycles. The molecule has 1 N–H and O–H groups in total. The van der Waals surface area contributed by atoms with Gasteiger partial charge in [-0.05, 0) is 26.0 Å². The van der Waals surface area contributed by atoms with Gasteiger partial charge in [0, 0.05) is 11.6 Å². The molecule has 76 valence electrons. The minimum Gasteiger partial charge on any atom is -0.350 e. The van der Waals surface area contributed by atoms with Crippen molar-refractivity contribution in [3.63, 3.8) is 0 Å². The highest BCUT2D eigenvalue weighted by Gasteiger charge is 2.09. The third-order valence-electron chi connectivity index (χ3n) is 1.44. The molecule has 1 heterocycles. The highest BCUT2D eigenvalue weighted by atomic mass is 35.5. The molecule has 1 aromatic heterocycles. The van der Waals surface area contributed by atoms with Crippen molar-refractivity contribution in [2.75, 3.05) is 0 Å². The molecule has 1 aromatic rings. The third kappa shape index (κ3) is 3.16. The lowest BCUT2D eigenvalue weighted by Gasteiger charge is -2.08. The Morgan fingerprint density at radius 1 is 1.36 bits per heavy atom. The molecular weight excluding hydrogens is 223 g/mol. The van der Waals surface area contributed by atoms with E-state index in [0.717, 1.165) is 0 Å². The quantitative estimate of drug-likeness (QED) is 0.797. The number of pyridine rings is 1. The fourth-order valence-corrected chi connectivity index (χ4v) is 1.40. The van der Waals surface area contributed by atoms with Crippen LogP contribution in [0.15, 0.2) is 12.1 Å². The minimum atomic E-state index is -0.203. The minimum absolute atomic E-state index is 0.0771. The third-order valence-corrected chi connectivity index (χ3v) is 1.83. The van der Waals surface area contributed by atoms with E-state index in [2.05, 4.69) is 10.3 Å². The van der Waals surface area contributed by atoms with Gasteiger partial charge in [-0.2, -0.15) is 0 Å². The molecule has 5 heteroatoms. The van der Waals surface area contributed by atoms with Gasteiger partial charge in [-0.15, -0.1) is 0 Å². The summed E-state index contributed by atoms with van der Waals surface area (Å²) < 4.78 is 0. The summed E-state index contributed by atoms with van der Waals surface area (Å²) in [6.07, 6.45) is 0. The van der Waals surface area contributed by atoms with Crippen LogP contribution in [-0.2, 0) is 0 Å². The lowest BCUT2D eigenvalue weighted by atomic mass is 10.2. The number of hydrogen-bond donors (Lipinski definition) is 1. The van der Waals surface area contributed by atoms with Crippen molar-refractivity contribution in [2.45, 2.75) is 19.9 Å². The average Bonchev–Trinajstić information content (AvgIpc) is 2.00. The van der Waals surface area contributed by atoms with Crippen LogP contribution in [0, 0.1) is 0 Å². The zero-order chi connectivity index (χ0) is 10.7. The number of aromatic nitrogens is 1. The van der Waals surface area contributed by atoms with E-state index in [1.54, 1.807) is 0 Å². The highest BCUT2D eigenvalue weighted by Crippen LogP contribution is 2.14. The molecule has 1 rings (SSSR count). The Morgan fingerprint density at radius 3 is 2.29 bits per heavy atom. The molecule has 0 saturated heterocycles. The first-order chi connectivity index (χ1) is 6.49. The number of nitrogens with one attached hydrogen (secondary N) is 1. The van der Waals surface area contributed by atoms with Crippen LogP contribution in [0.25, 0.3) is 0 Å². The van der Waals surface area contributed by atoms with Gasteiger partial charge in [0.2, 0.25) is 0 Å². The molecule has 0 bridgehead atoms. The van der Waals surface area contributed by atoms with Gasteiger partial charge in [0.05, 0.1) is 0 Å². The van der Waals surface area contributed by atoms with E-state index in [9.17, 15) is 4.79 Å². The maximum atomic E-state index is 11.5. The van der Waals surface area contributed by atoms with Gasteiger partial charge in [0.1, 0.15) is 10.3 Å². The molecule has 0 aliphatic rings. The zero-order valence-electron chi connectivity index (χ0n) is 7.84. The number of nitrogens with zero attached hydrogens (tertiary/aromatic N) is 1. The highest BCUT2D eigenvalue weighted by molar-refractivity contribution is 6.33. The molecule has 0 aromatic carbocycles. The number of halogens is 2. The lowest BCUT2D eigenvalue weighted by Crippen LogP contribution is -2.30. The van der Waals surface area contributed by atoms with Crippen molar-refractivity contribution < 1.29 is 4.79 Å². The Labute approximate surface area is 92.4 Å². The summed E-state index contributed by atoms with van der Waals surface area (Å²) in [6.45, 7) is 3.75. The molecule has 0 aliphatic carbocycles. The Hall–Kier alpha value is -0.800. The molecule has 0 fully saturated rings. The van der Waals surface area contributed by atoms with Crippen molar-refractivity contribution in [3.05, 3.63) is 28.0 Å². The van der Waals surface area contributed by atoms with E-state index in [4.69, 9.17) is 23.2 Å². The largest absolute Gasteiger partial charge is 0.350 e. The molecule has 0 spiro atoms. The monoisotopic (exact) mass is 232 g/mol. The standard InChI is InChI=1S/C9H10Cl2N2O/c1-5(2)12-9(14)6-3-7(10)13-8(11)4-6/h3-5H,1-2H3,(H,12,14). The van der Waals surface area contributed by atoms with E-state index in [1.165, 1.54) is 12.1 Å². The Kier molecular flexibility index (Phi) is 3.72. The maximum Gasteiger partial charge on any atom is 0.251 e. The summed E-state index contributed by atoms with van der Waals surface area (Å²) in [4.78, 5) is 15.3. The first kappa shape index (κ1) is 11.3. The zero-order valence-corrected chi connectivity index (χ0v) is 9.36. The Morgan fingerprint density at radius 2 is 1.86 bits per heavy atom. The number of amides is 1. The molecule has 1 amide bonds. The number of carbonyl (C=O) groups excluding carboxylic acids is 1. The predicted octanol–water partition coefficient (Wildman–Crippen LogP) is 2.53. The SMILES string of the molecule is CC(C)NC(=O)c1cc(Cl)nc(Cl)c1. The fourth-order valence-electron chi connectivity index (χ4n) is 0.942. The van der Waals surface area contributed by atoms with Gasteiger partial charge in [0.25, 0.3) is 5.91 Å². The number of carbonyl (C=O) groups is 1. The first-order valence-corrected chi connectivity index (χ1v) is 4.88. The van der Waals surface area contributed by atoms with E-state index in [-0.39, 0.29) is 22.3 Å². The van der Waals surface area contributed by atoms with Crippen molar-refractivity contribution in [2.24, 2.45) is 0 Å². The lowest BCUT2D eigenvalue weighted by molar-refractivity contribution is 0.0943. The molecule has 0 atom stereocenters. The topological polar surface area (TPSA) is 42.0 Å². The Balaban J connectivity index is 2.90. The van der Waals surface area contributed by atoms with Crippen molar-refractivity contribution in [1.29, 1.82) is 0 Å². The van der Waals surface area contributed by atoms with Crippen LogP contribution in [0.5, 0.6) is 0 Å². The van der Waals surface area contributed by atoms with Gasteiger partial charge >= 0.3 is 0 Å². The number of hydrogen-bond acceptors (Lipinski definition) is 2. The summed E-state index contributed by atoms with van der Waals surface area (Å²) in [5, 5.41) is 3.16. The van der Waals surface area contributed by atoms with E-state index in [0.29, 0.717) is 5.56 Å². The summed E-state index contributed by atoms with van der Waals surface area (Å²) in [6, 6.07) is 3.03. The van der Waals surface area contributed by atoms with Crippen molar-refractivity contribution >= 4 is 29.1 Å². The van der Waals surface area contributed by atoms with Crippen molar-refractivity contribution in [1.82, 2.24) is 10.3 Å². The summed E-state index contributed by atoms with van der Waals surface area (Å²) in [5.74, 6) is -0.203. The van der Waals surface area contributed by atoms with Crippen LogP contribution in [0.3, 0.4) is 0 Å².